The topological polar surface area (TPSA) is 73.2 Å². The van der Waals surface area contributed by atoms with E-state index in [1.807, 2.05) is 54.6 Å². The monoisotopic (exact) mass is 439 g/mol. The molecule has 5 rings (SSSR count). The van der Waals surface area contributed by atoms with Gasteiger partial charge in [0.2, 0.25) is 0 Å². The highest BCUT2D eigenvalue weighted by molar-refractivity contribution is 6.11. The number of amides is 1. The van der Waals surface area contributed by atoms with Gasteiger partial charge >= 0.3 is 0 Å². The first kappa shape index (κ1) is 20.9. The molecule has 6 heteroatoms. The summed E-state index contributed by atoms with van der Waals surface area (Å²) in [4.78, 5) is 26.3. The van der Waals surface area contributed by atoms with E-state index in [2.05, 4.69) is 10.4 Å². The highest BCUT2D eigenvalue weighted by Gasteiger charge is 2.19. The Labute approximate surface area is 191 Å². The van der Waals surface area contributed by atoms with Crippen molar-refractivity contribution >= 4 is 22.4 Å². The zero-order chi connectivity index (χ0) is 22.6. The van der Waals surface area contributed by atoms with Gasteiger partial charge in [-0.1, -0.05) is 54.6 Å². The zero-order valence-corrected chi connectivity index (χ0v) is 18.2. The van der Waals surface area contributed by atoms with Crippen LogP contribution in [0.3, 0.4) is 0 Å². The molecule has 1 heterocycles. The van der Waals surface area contributed by atoms with Crippen LogP contribution >= 0.6 is 0 Å². The van der Waals surface area contributed by atoms with E-state index in [0.29, 0.717) is 16.5 Å². The Morgan fingerprint density at radius 3 is 2.45 bits per heavy atom. The largest absolute Gasteiger partial charge is 0.490 e. The first-order valence-corrected chi connectivity index (χ1v) is 11.3. The molecule has 3 aromatic carbocycles. The Bertz CT molecular complexity index is 1340. The van der Waals surface area contributed by atoms with Crippen molar-refractivity contribution in [2.75, 3.05) is 5.32 Å². The summed E-state index contributed by atoms with van der Waals surface area (Å²) in [6, 6.07) is 24.1. The summed E-state index contributed by atoms with van der Waals surface area (Å²) >= 11 is 0. The Balaban J connectivity index is 1.45. The fourth-order valence-electron chi connectivity index (χ4n) is 4.30. The van der Waals surface area contributed by atoms with Crippen molar-refractivity contribution in [2.45, 2.75) is 38.3 Å². The molecule has 1 N–H and O–H groups in total. The molecular weight excluding hydrogens is 414 g/mol. The number of rotatable bonds is 6. The van der Waals surface area contributed by atoms with Crippen molar-refractivity contribution in [1.29, 1.82) is 0 Å². The van der Waals surface area contributed by atoms with E-state index in [1.54, 1.807) is 24.3 Å². The summed E-state index contributed by atoms with van der Waals surface area (Å²) in [6.45, 7) is 0.287. The molecule has 1 aliphatic rings. The summed E-state index contributed by atoms with van der Waals surface area (Å²) < 4.78 is 7.42. The minimum atomic E-state index is -0.369. The van der Waals surface area contributed by atoms with E-state index in [1.165, 1.54) is 17.5 Å². The number of nitrogens with zero attached hydrogens (tertiary/aromatic N) is 2. The molecule has 0 unspecified atom stereocenters. The van der Waals surface area contributed by atoms with Crippen LogP contribution in [0, 0.1) is 0 Å². The van der Waals surface area contributed by atoms with Crippen molar-refractivity contribution in [3.8, 4) is 5.75 Å². The predicted molar refractivity (Wildman–Crippen MR) is 129 cm³/mol. The fourth-order valence-corrected chi connectivity index (χ4v) is 4.30. The first-order valence-electron chi connectivity index (χ1n) is 11.3. The molecule has 4 aromatic rings. The maximum absolute atomic E-state index is 13.3. The number of carbonyl (C=O) groups is 1. The molecule has 0 bridgehead atoms. The van der Waals surface area contributed by atoms with Gasteiger partial charge in [-0.2, -0.15) is 5.10 Å². The van der Waals surface area contributed by atoms with E-state index < -0.39 is 0 Å². The molecule has 0 spiro atoms. The van der Waals surface area contributed by atoms with Gasteiger partial charge in [0.25, 0.3) is 11.5 Å². The number of fused-ring (bicyclic) bond motifs is 1. The van der Waals surface area contributed by atoms with Crippen LogP contribution in [-0.2, 0) is 6.54 Å². The average molecular weight is 440 g/mol. The van der Waals surface area contributed by atoms with Gasteiger partial charge in [0.05, 0.1) is 18.0 Å². The number of anilines is 1. The third kappa shape index (κ3) is 4.65. The third-order valence-corrected chi connectivity index (χ3v) is 5.95. The summed E-state index contributed by atoms with van der Waals surface area (Å²) in [5.41, 5.74) is 1.55. The average Bonchev–Trinajstić information content (AvgIpc) is 3.35. The lowest BCUT2D eigenvalue weighted by molar-refractivity contribution is 0.102. The molecular formula is C27H25N3O3. The van der Waals surface area contributed by atoms with Crippen LogP contribution in [0.25, 0.3) is 10.8 Å². The van der Waals surface area contributed by atoms with Crippen LogP contribution < -0.4 is 15.6 Å². The Kier molecular flexibility index (Phi) is 5.89. The molecule has 0 saturated heterocycles. The van der Waals surface area contributed by atoms with Gasteiger partial charge < -0.3 is 10.1 Å². The molecule has 166 valence electrons. The maximum atomic E-state index is 13.3. The number of aromatic nitrogens is 2. The highest BCUT2D eigenvalue weighted by atomic mass is 16.5. The maximum Gasteiger partial charge on any atom is 0.276 e. The lowest BCUT2D eigenvalue weighted by atomic mass is 10.1. The molecule has 0 atom stereocenters. The van der Waals surface area contributed by atoms with Crippen molar-refractivity contribution in [2.24, 2.45) is 0 Å². The lowest BCUT2D eigenvalue weighted by Crippen LogP contribution is -2.28. The van der Waals surface area contributed by atoms with Crippen molar-refractivity contribution < 1.29 is 9.53 Å². The molecule has 1 amide bonds. The SMILES string of the molecule is O=C(Nc1cccc(OC2CCCC2)c1)c1nn(Cc2ccccc2)c(=O)c2ccccc12. The van der Waals surface area contributed by atoms with Gasteiger partial charge in [-0.05, 0) is 49.4 Å². The second-order valence-electron chi connectivity index (χ2n) is 8.35. The lowest BCUT2D eigenvalue weighted by Gasteiger charge is -2.14. The summed E-state index contributed by atoms with van der Waals surface area (Å²) in [7, 11) is 0. The fraction of sp³-hybridized carbons (Fsp3) is 0.222. The standard InChI is InChI=1S/C27H25N3O3/c31-26(28-20-11-8-14-22(17-20)33-21-12-4-5-13-21)25-23-15-6-7-16-24(23)27(32)30(29-25)18-19-9-2-1-3-10-19/h1-3,6-11,14-17,21H,4-5,12-13,18H2,(H,28,31). The Hall–Kier alpha value is -3.93. The molecule has 6 nitrogen and oxygen atoms in total. The molecule has 0 aliphatic heterocycles. The van der Waals surface area contributed by atoms with Crippen LogP contribution in [0.15, 0.2) is 83.7 Å². The molecule has 0 radical (unpaired) electrons. The normalized spacial score (nSPS) is 13.8. The minimum absolute atomic E-state index is 0.211. The quantitative estimate of drug-likeness (QED) is 0.458. The van der Waals surface area contributed by atoms with Gasteiger partial charge in [0, 0.05) is 17.1 Å². The minimum Gasteiger partial charge on any atom is -0.490 e. The van der Waals surface area contributed by atoms with Crippen LogP contribution in [-0.4, -0.2) is 21.8 Å². The Morgan fingerprint density at radius 2 is 1.67 bits per heavy atom. The van der Waals surface area contributed by atoms with Crippen LogP contribution in [0.1, 0.15) is 41.7 Å². The summed E-state index contributed by atoms with van der Waals surface area (Å²) in [5, 5.41) is 8.38. The van der Waals surface area contributed by atoms with E-state index >= 15 is 0 Å². The molecule has 33 heavy (non-hydrogen) atoms. The Morgan fingerprint density at radius 1 is 0.939 bits per heavy atom. The van der Waals surface area contributed by atoms with Gasteiger partial charge in [-0.25, -0.2) is 4.68 Å². The summed E-state index contributed by atoms with van der Waals surface area (Å²) in [5.74, 6) is 0.373. The smallest absolute Gasteiger partial charge is 0.276 e. The van der Waals surface area contributed by atoms with Crippen LogP contribution in [0.2, 0.25) is 0 Å². The van der Waals surface area contributed by atoms with E-state index in [4.69, 9.17) is 4.74 Å². The number of benzene rings is 3. The van der Waals surface area contributed by atoms with Gasteiger partial charge in [0.15, 0.2) is 5.69 Å². The molecule has 1 aliphatic carbocycles. The van der Waals surface area contributed by atoms with Gasteiger partial charge in [-0.3, -0.25) is 9.59 Å². The number of carbonyl (C=O) groups excluding carboxylic acids is 1. The van der Waals surface area contributed by atoms with Gasteiger partial charge in [-0.15, -0.1) is 0 Å². The van der Waals surface area contributed by atoms with Crippen LogP contribution in [0.4, 0.5) is 5.69 Å². The van der Waals surface area contributed by atoms with E-state index in [0.717, 1.165) is 24.2 Å². The van der Waals surface area contributed by atoms with Crippen molar-refractivity contribution in [3.63, 3.8) is 0 Å². The van der Waals surface area contributed by atoms with Gasteiger partial charge in [0.1, 0.15) is 5.75 Å². The first-order chi connectivity index (χ1) is 16.2. The molecule has 1 aromatic heterocycles. The molecule has 1 saturated carbocycles. The number of ether oxygens (including phenoxy) is 1. The third-order valence-electron chi connectivity index (χ3n) is 5.95. The van der Waals surface area contributed by atoms with E-state index in [9.17, 15) is 9.59 Å². The zero-order valence-electron chi connectivity index (χ0n) is 18.2. The second-order valence-corrected chi connectivity index (χ2v) is 8.35. The predicted octanol–water partition coefficient (Wildman–Crippen LogP) is 5.02. The second kappa shape index (κ2) is 9.28. The van der Waals surface area contributed by atoms with Crippen molar-refractivity contribution in [3.05, 3.63) is 100 Å². The number of nitrogens with one attached hydrogen (secondary N) is 1. The summed E-state index contributed by atoms with van der Waals surface area (Å²) in [6.07, 6.45) is 4.75. The van der Waals surface area contributed by atoms with Crippen LogP contribution in [0.5, 0.6) is 5.75 Å². The molecule has 1 fully saturated rings. The number of hydrogen-bond donors (Lipinski definition) is 1. The van der Waals surface area contributed by atoms with E-state index in [-0.39, 0.29) is 29.8 Å². The van der Waals surface area contributed by atoms with Crippen molar-refractivity contribution in [1.82, 2.24) is 9.78 Å². The number of hydrogen-bond acceptors (Lipinski definition) is 4. The highest BCUT2D eigenvalue weighted by Crippen LogP contribution is 2.26.